The summed E-state index contributed by atoms with van der Waals surface area (Å²) >= 11 is 0. The van der Waals surface area contributed by atoms with E-state index in [0.717, 1.165) is 11.5 Å². The highest BCUT2D eigenvalue weighted by atomic mass is 16.5. The van der Waals surface area contributed by atoms with Gasteiger partial charge in [0.1, 0.15) is 5.82 Å². The maximum atomic E-state index is 4.85. The first-order valence-corrected chi connectivity index (χ1v) is 4.56. The lowest BCUT2D eigenvalue weighted by Gasteiger charge is -2.03. The van der Waals surface area contributed by atoms with Crippen LogP contribution in [0.2, 0.25) is 0 Å². The monoisotopic (exact) mass is 205 g/mol. The van der Waals surface area contributed by atoms with Crippen LogP contribution in [0.5, 0.6) is 0 Å². The molecule has 0 fully saturated rings. The minimum absolute atomic E-state index is 0.483. The zero-order chi connectivity index (χ0) is 10.7. The van der Waals surface area contributed by atoms with Crippen molar-refractivity contribution < 1.29 is 4.52 Å². The molecule has 0 spiro atoms. The summed E-state index contributed by atoms with van der Waals surface area (Å²) in [6.45, 7) is 4.12. The van der Waals surface area contributed by atoms with Gasteiger partial charge in [-0.2, -0.15) is 4.98 Å². The highest BCUT2D eigenvalue weighted by Gasteiger charge is 2.03. The van der Waals surface area contributed by atoms with Gasteiger partial charge in [0.2, 0.25) is 5.89 Å². The van der Waals surface area contributed by atoms with Gasteiger partial charge in [-0.15, -0.1) is 0 Å². The van der Waals surface area contributed by atoms with Gasteiger partial charge in [-0.3, -0.25) is 4.98 Å². The molecule has 2 rings (SSSR count). The maximum absolute atomic E-state index is 4.85. The van der Waals surface area contributed by atoms with Crippen molar-refractivity contribution in [2.24, 2.45) is 0 Å². The molecule has 0 saturated heterocycles. The molecule has 0 unspecified atom stereocenters. The Hall–Kier alpha value is -1.98. The number of nitrogens with one attached hydrogen (secondary N) is 1. The first-order valence-electron chi connectivity index (χ1n) is 4.56. The number of anilines is 1. The minimum atomic E-state index is 0.483. The zero-order valence-electron chi connectivity index (χ0n) is 8.56. The van der Waals surface area contributed by atoms with E-state index in [0.29, 0.717) is 18.3 Å². The molecule has 0 bridgehead atoms. The number of nitrogens with zero attached hydrogens (tertiary/aromatic N) is 4. The third kappa shape index (κ3) is 2.28. The molecule has 2 heterocycles. The van der Waals surface area contributed by atoms with E-state index in [-0.39, 0.29) is 0 Å². The van der Waals surface area contributed by atoms with Crippen molar-refractivity contribution in [2.45, 2.75) is 20.4 Å². The highest BCUT2D eigenvalue weighted by Crippen LogP contribution is 2.07. The number of hydrogen-bond acceptors (Lipinski definition) is 6. The lowest BCUT2D eigenvalue weighted by molar-refractivity contribution is 0.388. The summed E-state index contributed by atoms with van der Waals surface area (Å²) in [5, 5.41) is 6.85. The van der Waals surface area contributed by atoms with E-state index in [1.807, 2.05) is 6.92 Å². The van der Waals surface area contributed by atoms with Crippen LogP contribution in [-0.4, -0.2) is 20.1 Å². The molecule has 0 aliphatic heterocycles. The van der Waals surface area contributed by atoms with Gasteiger partial charge < -0.3 is 9.84 Å². The molecule has 2 aromatic rings. The van der Waals surface area contributed by atoms with Gasteiger partial charge in [-0.25, -0.2) is 4.98 Å². The molecule has 78 valence electrons. The van der Waals surface area contributed by atoms with Crippen LogP contribution in [0, 0.1) is 13.8 Å². The molecular weight excluding hydrogens is 194 g/mol. The summed E-state index contributed by atoms with van der Waals surface area (Å²) in [5.41, 5.74) is 0.845. The van der Waals surface area contributed by atoms with E-state index in [4.69, 9.17) is 4.52 Å². The van der Waals surface area contributed by atoms with Gasteiger partial charge in [-0.05, 0) is 6.92 Å². The van der Waals surface area contributed by atoms with Crippen LogP contribution in [-0.2, 0) is 6.54 Å². The van der Waals surface area contributed by atoms with E-state index in [2.05, 4.69) is 25.4 Å². The van der Waals surface area contributed by atoms with Gasteiger partial charge in [-0.1, -0.05) is 5.16 Å². The van der Waals surface area contributed by atoms with E-state index in [1.165, 1.54) is 0 Å². The molecular formula is C9H11N5O. The molecule has 0 amide bonds. The average Bonchev–Trinajstić information content (AvgIpc) is 2.63. The predicted octanol–water partition coefficient (Wildman–Crippen LogP) is 1.09. The summed E-state index contributed by atoms with van der Waals surface area (Å²) in [6.07, 6.45) is 3.29. The third-order valence-corrected chi connectivity index (χ3v) is 1.86. The van der Waals surface area contributed by atoms with Gasteiger partial charge >= 0.3 is 0 Å². The normalized spacial score (nSPS) is 10.3. The van der Waals surface area contributed by atoms with Gasteiger partial charge in [0.05, 0.1) is 12.2 Å². The minimum Gasteiger partial charge on any atom is -0.361 e. The fourth-order valence-electron chi connectivity index (χ4n) is 1.16. The molecule has 0 radical (unpaired) electrons. The van der Waals surface area contributed by atoms with Crippen molar-refractivity contribution in [3.05, 3.63) is 29.8 Å². The van der Waals surface area contributed by atoms with E-state index in [9.17, 15) is 0 Å². The highest BCUT2D eigenvalue weighted by molar-refractivity contribution is 5.38. The second kappa shape index (κ2) is 4.04. The fourth-order valence-corrected chi connectivity index (χ4v) is 1.16. The van der Waals surface area contributed by atoms with E-state index in [1.54, 1.807) is 19.3 Å². The second-order valence-corrected chi connectivity index (χ2v) is 3.07. The van der Waals surface area contributed by atoms with Crippen molar-refractivity contribution in [1.29, 1.82) is 0 Å². The molecule has 6 heteroatoms. The van der Waals surface area contributed by atoms with Crippen LogP contribution in [0.3, 0.4) is 0 Å². The van der Waals surface area contributed by atoms with Crippen molar-refractivity contribution in [1.82, 2.24) is 20.1 Å². The topological polar surface area (TPSA) is 76.7 Å². The largest absolute Gasteiger partial charge is 0.361 e. The van der Waals surface area contributed by atoms with Gasteiger partial charge in [0, 0.05) is 19.3 Å². The molecule has 0 saturated carbocycles. The van der Waals surface area contributed by atoms with Gasteiger partial charge in [0.25, 0.3) is 0 Å². The summed E-state index contributed by atoms with van der Waals surface area (Å²) in [4.78, 5) is 12.3. The molecule has 1 N–H and O–H groups in total. The molecule has 0 aliphatic carbocycles. The first kappa shape index (κ1) is 9.57. The van der Waals surface area contributed by atoms with Crippen molar-refractivity contribution in [3.63, 3.8) is 0 Å². The average molecular weight is 205 g/mol. The standard InChI is InChI=1S/C9H11N5O/c1-6-9(11-4-3-10-6)12-5-8-13-7(2)15-14-8/h3-4H,5H2,1-2H3,(H,11,12). The Morgan fingerprint density at radius 3 is 2.73 bits per heavy atom. The van der Waals surface area contributed by atoms with E-state index < -0.39 is 0 Å². The molecule has 0 aromatic carbocycles. The van der Waals surface area contributed by atoms with Crippen LogP contribution in [0.1, 0.15) is 17.4 Å². The lowest BCUT2D eigenvalue weighted by Crippen LogP contribution is -2.05. The van der Waals surface area contributed by atoms with Crippen LogP contribution in [0.15, 0.2) is 16.9 Å². The third-order valence-electron chi connectivity index (χ3n) is 1.86. The Labute approximate surface area is 86.8 Å². The summed E-state index contributed by atoms with van der Waals surface area (Å²) in [7, 11) is 0. The number of rotatable bonds is 3. The maximum Gasteiger partial charge on any atom is 0.223 e. The van der Waals surface area contributed by atoms with Crippen LogP contribution in [0.4, 0.5) is 5.82 Å². The molecule has 2 aromatic heterocycles. The number of aromatic nitrogens is 4. The SMILES string of the molecule is Cc1nc(CNc2nccnc2C)no1. The van der Waals surface area contributed by atoms with Crippen LogP contribution >= 0.6 is 0 Å². The lowest BCUT2D eigenvalue weighted by atomic mass is 10.4. The number of hydrogen-bond donors (Lipinski definition) is 1. The molecule has 0 aliphatic rings. The Morgan fingerprint density at radius 1 is 1.27 bits per heavy atom. The fraction of sp³-hybridized carbons (Fsp3) is 0.333. The van der Waals surface area contributed by atoms with Crippen LogP contribution in [0.25, 0.3) is 0 Å². The van der Waals surface area contributed by atoms with Crippen LogP contribution < -0.4 is 5.32 Å². The molecule has 0 atom stereocenters. The van der Waals surface area contributed by atoms with Crippen molar-refractivity contribution in [2.75, 3.05) is 5.32 Å². The second-order valence-electron chi connectivity index (χ2n) is 3.07. The summed E-state index contributed by atoms with van der Waals surface area (Å²) in [5.74, 6) is 1.90. The first-order chi connectivity index (χ1) is 7.25. The van der Waals surface area contributed by atoms with Crippen molar-refractivity contribution >= 4 is 5.82 Å². The summed E-state index contributed by atoms with van der Waals surface area (Å²) in [6, 6.07) is 0. The molecule has 6 nitrogen and oxygen atoms in total. The van der Waals surface area contributed by atoms with E-state index >= 15 is 0 Å². The Morgan fingerprint density at radius 2 is 2.07 bits per heavy atom. The zero-order valence-corrected chi connectivity index (χ0v) is 8.56. The Balaban J connectivity index is 2.02. The smallest absolute Gasteiger partial charge is 0.223 e. The number of aryl methyl sites for hydroxylation is 2. The quantitative estimate of drug-likeness (QED) is 0.808. The summed E-state index contributed by atoms with van der Waals surface area (Å²) < 4.78 is 4.85. The predicted molar refractivity (Wildman–Crippen MR) is 53.1 cm³/mol. The van der Waals surface area contributed by atoms with Crippen molar-refractivity contribution in [3.8, 4) is 0 Å². The van der Waals surface area contributed by atoms with Gasteiger partial charge in [0.15, 0.2) is 5.82 Å². The Kier molecular flexibility index (Phi) is 2.57. The molecule has 15 heavy (non-hydrogen) atoms. The Bertz CT molecular complexity index is 453.